The first kappa shape index (κ1) is 21.3. The molecular weight excluding hydrogens is 431 g/mol. The number of nitrogens with one attached hydrogen (secondary N) is 1. The summed E-state index contributed by atoms with van der Waals surface area (Å²) in [5.74, 6) is 0.408. The number of benzene rings is 2. The molecule has 4 aromatic rings. The van der Waals surface area contributed by atoms with Crippen LogP contribution >= 0.6 is 0 Å². The van der Waals surface area contributed by atoms with Crippen LogP contribution in [0.15, 0.2) is 54.9 Å². The Kier molecular flexibility index (Phi) is 5.20. The molecule has 0 radical (unpaired) electrons. The van der Waals surface area contributed by atoms with Gasteiger partial charge in [0, 0.05) is 25.5 Å². The maximum Gasteiger partial charge on any atom is 0.421 e. The van der Waals surface area contributed by atoms with Gasteiger partial charge in [-0.3, -0.25) is 0 Å². The van der Waals surface area contributed by atoms with Crippen molar-refractivity contribution in [3.63, 3.8) is 0 Å². The summed E-state index contributed by atoms with van der Waals surface area (Å²) in [6.07, 6.45) is -1.29. The number of rotatable bonds is 4. The number of ether oxygens (including phenoxy) is 1. The second-order valence-electron chi connectivity index (χ2n) is 8.11. The number of likely N-dealkylation sites (N-methyl/N-ethyl adjacent to an activating group) is 1. The van der Waals surface area contributed by atoms with Crippen molar-refractivity contribution in [2.24, 2.45) is 0 Å². The summed E-state index contributed by atoms with van der Waals surface area (Å²) in [7, 11) is 3.61. The Morgan fingerprint density at radius 2 is 1.91 bits per heavy atom. The highest BCUT2D eigenvalue weighted by molar-refractivity contribution is 5.82. The number of alkyl halides is 3. The van der Waals surface area contributed by atoms with Crippen LogP contribution in [0, 0.1) is 0 Å². The molecule has 0 fully saturated rings. The van der Waals surface area contributed by atoms with Gasteiger partial charge in [0.25, 0.3) is 0 Å². The van der Waals surface area contributed by atoms with E-state index < -0.39 is 11.7 Å². The average molecular weight is 453 g/mol. The summed E-state index contributed by atoms with van der Waals surface area (Å²) in [6.45, 7) is 1.74. The summed E-state index contributed by atoms with van der Waals surface area (Å²) >= 11 is 0. The predicted octanol–water partition coefficient (Wildman–Crippen LogP) is 5.18. The van der Waals surface area contributed by atoms with Gasteiger partial charge in [-0.1, -0.05) is 18.2 Å². The minimum absolute atomic E-state index is 0.0539. The third-order valence-electron chi connectivity index (χ3n) is 5.87. The highest BCUT2D eigenvalue weighted by Gasteiger charge is 2.36. The van der Waals surface area contributed by atoms with Crippen molar-refractivity contribution >= 4 is 22.5 Å². The lowest BCUT2D eigenvalue weighted by molar-refractivity contribution is -0.137. The molecule has 5 rings (SSSR count). The van der Waals surface area contributed by atoms with Crippen LogP contribution in [-0.2, 0) is 19.1 Å². The number of fused-ring (bicyclic) bond motifs is 2. The molecule has 0 bridgehead atoms. The first-order valence-corrected chi connectivity index (χ1v) is 10.5. The Bertz CT molecular complexity index is 1330. The van der Waals surface area contributed by atoms with Crippen molar-refractivity contribution in [2.45, 2.75) is 19.1 Å². The second-order valence-corrected chi connectivity index (χ2v) is 8.11. The van der Waals surface area contributed by atoms with E-state index in [2.05, 4.69) is 20.2 Å². The summed E-state index contributed by atoms with van der Waals surface area (Å²) in [4.78, 5) is 10.5. The number of hydrogen-bond acceptors (Lipinski definition) is 5. The van der Waals surface area contributed by atoms with E-state index in [-0.39, 0.29) is 11.8 Å². The molecule has 33 heavy (non-hydrogen) atoms. The van der Waals surface area contributed by atoms with Crippen molar-refractivity contribution in [1.29, 1.82) is 0 Å². The van der Waals surface area contributed by atoms with Crippen molar-refractivity contribution in [3.05, 3.63) is 71.5 Å². The van der Waals surface area contributed by atoms with Crippen molar-refractivity contribution in [1.82, 2.24) is 19.4 Å². The van der Waals surface area contributed by atoms with Gasteiger partial charge in [-0.15, -0.1) is 0 Å². The number of halogens is 3. The number of hydrogen-bond donors (Lipinski definition) is 1. The monoisotopic (exact) mass is 453 g/mol. The third-order valence-corrected chi connectivity index (χ3v) is 5.87. The van der Waals surface area contributed by atoms with Crippen LogP contribution < -0.4 is 10.1 Å². The highest BCUT2D eigenvalue weighted by Crippen LogP contribution is 2.36. The molecule has 0 amide bonds. The van der Waals surface area contributed by atoms with Crippen LogP contribution in [0.3, 0.4) is 0 Å². The van der Waals surface area contributed by atoms with E-state index in [1.807, 2.05) is 31.3 Å². The molecular formula is C24H22F3N5O. The molecule has 1 aliphatic rings. The largest absolute Gasteiger partial charge is 0.495 e. The van der Waals surface area contributed by atoms with Gasteiger partial charge in [0.15, 0.2) is 5.82 Å². The zero-order valence-electron chi connectivity index (χ0n) is 18.1. The Morgan fingerprint density at radius 1 is 1.09 bits per heavy atom. The highest BCUT2D eigenvalue weighted by atomic mass is 19.4. The number of aromatic nitrogens is 3. The van der Waals surface area contributed by atoms with E-state index in [4.69, 9.17) is 4.74 Å². The number of anilines is 2. The van der Waals surface area contributed by atoms with Gasteiger partial charge in [0.05, 0.1) is 18.3 Å². The van der Waals surface area contributed by atoms with Gasteiger partial charge in [-0.25, -0.2) is 4.98 Å². The standard InChI is InChI=1S/C24H22F3N5O/c1-31-9-7-16-12-21(33-2)19(11-17(16)14-31)29-23-28-13-18(24(25,26)27)22(30-23)32-10-8-15-5-3-4-6-20(15)32/h3-6,8,10-13H,7,9,14H2,1-2H3,(H,28,29,30). The van der Waals surface area contributed by atoms with Crippen LogP contribution in [0.4, 0.5) is 24.8 Å². The minimum Gasteiger partial charge on any atom is -0.495 e. The molecule has 3 heterocycles. The quantitative estimate of drug-likeness (QED) is 0.462. The molecule has 0 saturated heterocycles. The zero-order valence-corrected chi connectivity index (χ0v) is 18.1. The Hall–Kier alpha value is -3.59. The lowest BCUT2D eigenvalue weighted by Crippen LogP contribution is -2.26. The van der Waals surface area contributed by atoms with E-state index in [1.165, 1.54) is 10.1 Å². The molecule has 0 aliphatic carbocycles. The molecule has 1 aliphatic heterocycles. The fraction of sp³-hybridized carbons (Fsp3) is 0.250. The normalized spacial score (nSPS) is 14.3. The predicted molar refractivity (Wildman–Crippen MR) is 120 cm³/mol. The molecule has 2 aromatic heterocycles. The van der Waals surface area contributed by atoms with E-state index >= 15 is 0 Å². The fourth-order valence-electron chi connectivity index (χ4n) is 4.20. The van der Waals surface area contributed by atoms with E-state index in [1.54, 1.807) is 31.5 Å². The maximum atomic E-state index is 13.8. The molecule has 170 valence electrons. The molecule has 2 aromatic carbocycles. The zero-order chi connectivity index (χ0) is 23.2. The fourth-order valence-corrected chi connectivity index (χ4v) is 4.20. The molecule has 6 nitrogen and oxygen atoms in total. The number of para-hydroxylation sites is 1. The van der Waals surface area contributed by atoms with E-state index in [9.17, 15) is 13.2 Å². The number of nitrogens with zero attached hydrogens (tertiary/aromatic N) is 4. The molecule has 0 atom stereocenters. The SMILES string of the molecule is COc1cc2c(cc1Nc1ncc(C(F)(F)F)c(-n3ccc4ccccc43)n1)CN(C)CC2. The van der Waals surface area contributed by atoms with Gasteiger partial charge >= 0.3 is 6.18 Å². The molecule has 0 spiro atoms. The van der Waals surface area contributed by atoms with Crippen LogP contribution in [0.5, 0.6) is 5.75 Å². The summed E-state index contributed by atoms with van der Waals surface area (Å²) in [6, 6.07) is 12.9. The van der Waals surface area contributed by atoms with Crippen LogP contribution in [0.25, 0.3) is 16.7 Å². The van der Waals surface area contributed by atoms with Crippen molar-refractivity contribution in [3.8, 4) is 11.6 Å². The van der Waals surface area contributed by atoms with Crippen LogP contribution in [0.2, 0.25) is 0 Å². The van der Waals surface area contributed by atoms with E-state index in [0.717, 1.165) is 36.7 Å². The lowest BCUT2D eigenvalue weighted by atomic mass is 9.99. The topological polar surface area (TPSA) is 55.2 Å². The van der Waals surface area contributed by atoms with Gasteiger partial charge in [-0.2, -0.15) is 18.2 Å². The second kappa shape index (κ2) is 8.08. The molecule has 1 N–H and O–H groups in total. The van der Waals surface area contributed by atoms with Crippen LogP contribution in [-0.4, -0.2) is 40.1 Å². The average Bonchev–Trinajstić information content (AvgIpc) is 3.22. The summed E-state index contributed by atoms with van der Waals surface area (Å²) < 4.78 is 48.4. The molecule has 0 saturated carbocycles. The van der Waals surface area contributed by atoms with Crippen molar-refractivity contribution < 1.29 is 17.9 Å². The third kappa shape index (κ3) is 4.00. The molecule has 9 heteroatoms. The summed E-state index contributed by atoms with van der Waals surface area (Å²) in [5, 5.41) is 3.89. The number of methoxy groups -OCH3 is 1. The van der Waals surface area contributed by atoms with Gasteiger partial charge in [0.1, 0.15) is 11.3 Å². The maximum absolute atomic E-state index is 13.8. The first-order valence-electron chi connectivity index (χ1n) is 10.5. The lowest BCUT2D eigenvalue weighted by Gasteiger charge is -2.26. The van der Waals surface area contributed by atoms with Gasteiger partial charge < -0.3 is 19.5 Å². The smallest absolute Gasteiger partial charge is 0.421 e. The first-order chi connectivity index (χ1) is 15.8. The Balaban J connectivity index is 1.59. The molecule has 0 unspecified atom stereocenters. The van der Waals surface area contributed by atoms with Crippen molar-refractivity contribution in [2.75, 3.05) is 26.0 Å². The van der Waals surface area contributed by atoms with E-state index in [0.29, 0.717) is 17.0 Å². The Labute approximate surface area is 188 Å². The summed E-state index contributed by atoms with van der Waals surface area (Å²) in [5.41, 5.74) is 2.66. The van der Waals surface area contributed by atoms with Gasteiger partial charge in [0.2, 0.25) is 5.95 Å². The Morgan fingerprint density at radius 3 is 2.70 bits per heavy atom. The van der Waals surface area contributed by atoms with Gasteiger partial charge in [-0.05, 0) is 54.2 Å². The minimum atomic E-state index is -4.60. The van der Waals surface area contributed by atoms with Crippen LogP contribution in [0.1, 0.15) is 16.7 Å².